The second kappa shape index (κ2) is 6.67. The van der Waals surface area contributed by atoms with Gasteiger partial charge in [0.25, 0.3) is 0 Å². The lowest BCUT2D eigenvalue weighted by atomic mass is 9.98. The Morgan fingerprint density at radius 2 is 2.33 bits per heavy atom. The highest BCUT2D eigenvalue weighted by Crippen LogP contribution is 2.20. The molecule has 7 nitrogen and oxygen atoms in total. The topological polar surface area (TPSA) is 83.1 Å². The lowest BCUT2D eigenvalue weighted by Gasteiger charge is -2.34. The van der Waals surface area contributed by atoms with Crippen LogP contribution in [0.3, 0.4) is 0 Å². The summed E-state index contributed by atoms with van der Waals surface area (Å²) in [6, 6.07) is 3.83. The van der Waals surface area contributed by atoms with Crippen LogP contribution in [0.2, 0.25) is 0 Å². The zero-order valence-corrected chi connectivity index (χ0v) is 14.5. The molecule has 0 bridgehead atoms. The smallest absolute Gasteiger partial charge is 0.410 e. The predicted octanol–water partition coefficient (Wildman–Crippen LogP) is 3.02. The number of ether oxygens (including phenoxy) is 1. The SMILES string of the molecule is CC(C)(C)OC(=O)N1CCC[C@@H](CNc2nc3ncccc3[nH]2)C1. The van der Waals surface area contributed by atoms with Gasteiger partial charge in [-0.3, -0.25) is 0 Å². The number of piperidine rings is 1. The third-order valence-corrected chi connectivity index (χ3v) is 3.99. The molecule has 0 saturated carbocycles. The van der Waals surface area contributed by atoms with E-state index in [1.54, 1.807) is 11.1 Å². The molecule has 0 radical (unpaired) electrons. The number of fused-ring (bicyclic) bond motifs is 1. The van der Waals surface area contributed by atoms with Gasteiger partial charge in [-0.25, -0.2) is 9.78 Å². The van der Waals surface area contributed by atoms with E-state index in [1.165, 1.54) is 0 Å². The Kier molecular flexibility index (Phi) is 4.59. The van der Waals surface area contributed by atoms with Gasteiger partial charge in [-0.15, -0.1) is 0 Å². The number of nitrogens with one attached hydrogen (secondary N) is 2. The highest BCUT2D eigenvalue weighted by molar-refractivity contribution is 5.72. The van der Waals surface area contributed by atoms with Crippen molar-refractivity contribution in [2.45, 2.75) is 39.2 Å². The van der Waals surface area contributed by atoms with Crippen LogP contribution in [-0.2, 0) is 4.74 Å². The second-order valence-electron chi connectivity index (χ2n) is 7.28. The molecule has 0 aliphatic carbocycles. The molecule has 0 aromatic carbocycles. The fourth-order valence-corrected chi connectivity index (χ4v) is 2.89. The number of carbonyl (C=O) groups excluding carboxylic acids is 1. The number of nitrogens with zero attached hydrogens (tertiary/aromatic N) is 3. The number of carbonyl (C=O) groups is 1. The van der Waals surface area contributed by atoms with Crippen LogP contribution in [0, 0.1) is 5.92 Å². The molecule has 1 saturated heterocycles. The van der Waals surface area contributed by atoms with Crippen molar-refractivity contribution in [3.8, 4) is 0 Å². The molecule has 1 aliphatic heterocycles. The van der Waals surface area contributed by atoms with Gasteiger partial charge in [0.05, 0.1) is 5.52 Å². The van der Waals surface area contributed by atoms with E-state index in [4.69, 9.17) is 4.74 Å². The van der Waals surface area contributed by atoms with Gasteiger partial charge in [-0.1, -0.05) is 0 Å². The van der Waals surface area contributed by atoms with Gasteiger partial charge in [0.1, 0.15) is 5.60 Å². The van der Waals surface area contributed by atoms with Crippen LogP contribution < -0.4 is 5.32 Å². The summed E-state index contributed by atoms with van der Waals surface area (Å²) in [4.78, 5) is 25.9. The van der Waals surface area contributed by atoms with Crippen molar-refractivity contribution in [3.63, 3.8) is 0 Å². The third-order valence-electron chi connectivity index (χ3n) is 3.99. The fraction of sp³-hybridized carbons (Fsp3) is 0.588. The van der Waals surface area contributed by atoms with Gasteiger partial charge in [0.15, 0.2) is 5.65 Å². The van der Waals surface area contributed by atoms with E-state index < -0.39 is 5.60 Å². The normalized spacial score (nSPS) is 18.6. The molecule has 1 amide bonds. The zero-order chi connectivity index (χ0) is 17.2. The highest BCUT2D eigenvalue weighted by Gasteiger charge is 2.27. The first-order chi connectivity index (χ1) is 11.4. The van der Waals surface area contributed by atoms with E-state index in [-0.39, 0.29) is 6.09 Å². The molecular weight excluding hydrogens is 306 g/mol. The molecule has 130 valence electrons. The number of aromatic amines is 1. The van der Waals surface area contributed by atoms with Crippen molar-refractivity contribution < 1.29 is 9.53 Å². The van der Waals surface area contributed by atoms with E-state index in [1.807, 2.05) is 32.9 Å². The van der Waals surface area contributed by atoms with Gasteiger partial charge in [-0.05, 0) is 51.7 Å². The first-order valence-electron chi connectivity index (χ1n) is 8.43. The van der Waals surface area contributed by atoms with E-state index in [9.17, 15) is 4.79 Å². The molecule has 3 heterocycles. The lowest BCUT2D eigenvalue weighted by Crippen LogP contribution is -2.44. The number of anilines is 1. The summed E-state index contributed by atoms with van der Waals surface area (Å²) in [5, 5.41) is 3.33. The van der Waals surface area contributed by atoms with E-state index in [0.717, 1.165) is 37.4 Å². The minimum absolute atomic E-state index is 0.222. The van der Waals surface area contributed by atoms with Gasteiger partial charge in [0.2, 0.25) is 5.95 Å². The number of aromatic nitrogens is 3. The zero-order valence-electron chi connectivity index (χ0n) is 14.5. The van der Waals surface area contributed by atoms with Gasteiger partial charge < -0.3 is 19.9 Å². The predicted molar refractivity (Wildman–Crippen MR) is 92.9 cm³/mol. The maximum absolute atomic E-state index is 12.2. The van der Waals surface area contributed by atoms with Gasteiger partial charge >= 0.3 is 6.09 Å². The number of pyridine rings is 1. The van der Waals surface area contributed by atoms with Crippen LogP contribution in [0.25, 0.3) is 11.2 Å². The van der Waals surface area contributed by atoms with Crippen LogP contribution >= 0.6 is 0 Å². The van der Waals surface area contributed by atoms with Gasteiger partial charge in [-0.2, -0.15) is 4.98 Å². The van der Waals surface area contributed by atoms with Crippen molar-refractivity contribution in [2.24, 2.45) is 5.92 Å². The molecule has 1 fully saturated rings. The fourth-order valence-electron chi connectivity index (χ4n) is 2.89. The molecule has 1 atom stereocenters. The number of rotatable bonds is 3. The molecule has 24 heavy (non-hydrogen) atoms. The van der Waals surface area contributed by atoms with Crippen molar-refractivity contribution in [2.75, 3.05) is 25.0 Å². The molecule has 2 aromatic rings. The molecule has 3 rings (SSSR count). The minimum atomic E-state index is -0.455. The quantitative estimate of drug-likeness (QED) is 0.903. The molecular formula is C17H25N5O2. The number of imidazole rings is 1. The maximum Gasteiger partial charge on any atom is 0.410 e. The maximum atomic E-state index is 12.2. The average molecular weight is 331 g/mol. The third kappa shape index (κ3) is 4.15. The molecule has 7 heteroatoms. The summed E-state index contributed by atoms with van der Waals surface area (Å²) < 4.78 is 5.47. The summed E-state index contributed by atoms with van der Waals surface area (Å²) in [6.07, 6.45) is 3.59. The monoisotopic (exact) mass is 331 g/mol. The Balaban J connectivity index is 1.54. The standard InChI is InChI=1S/C17H25N5O2/c1-17(2,3)24-16(23)22-9-5-6-12(11-22)10-19-15-20-13-7-4-8-18-14(13)21-15/h4,7-8,12H,5-6,9-11H2,1-3H3,(H2,18,19,20,21)/t12-/m0/s1. The number of hydrogen-bond acceptors (Lipinski definition) is 5. The summed E-state index contributed by atoms with van der Waals surface area (Å²) in [5.41, 5.74) is 1.17. The average Bonchev–Trinajstić information content (AvgIpc) is 2.94. The molecule has 0 unspecified atom stereocenters. The van der Waals surface area contributed by atoms with Crippen molar-refractivity contribution in [3.05, 3.63) is 18.3 Å². The first-order valence-corrected chi connectivity index (χ1v) is 8.43. The summed E-state index contributed by atoms with van der Waals surface area (Å²) in [6.45, 7) is 7.91. The van der Waals surface area contributed by atoms with Crippen LogP contribution in [-0.4, -0.2) is 51.2 Å². The van der Waals surface area contributed by atoms with Crippen LogP contribution in [0.1, 0.15) is 33.6 Å². The van der Waals surface area contributed by atoms with Crippen molar-refractivity contribution >= 4 is 23.2 Å². The Hall–Kier alpha value is -2.31. The highest BCUT2D eigenvalue weighted by atomic mass is 16.6. The number of likely N-dealkylation sites (tertiary alicyclic amines) is 1. The van der Waals surface area contributed by atoms with Crippen LogP contribution in [0.5, 0.6) is 0 Å². The lowest BCUT2D eigenvalue weighted by molar-refractivity contribution is 0.0172. The minimum Gasteiger partial charge on any atom is -0.444 e. The van der Waals surface area contributed by atoms with Crippen LogP contribution in [0.15, 0.2) is 18.3 Å². The Morgan fingerprint density at radius 1 is 1.50 bits per heavy atom. The molecule has 1 aliphatic rings. The number of hydrogen-bond donors (Lipinski definition) is 2. The number of H-pyrrole nitrogens is 1. The largest absolute Gasteiger partial charge is 0.444 e. The summed E-state index contributed by atoms with van der Waals surface area (Å²) >= 11 is 0. The van der Waals surface area contributed by atoms with Gasteiger partial charge in [0, 0.05) is 25.8 Å². The van der Waals surface area contributed by atoms with E-state index >= 15 is 0 Å². The first kappa shape index (κ1) is 16.5. The number of amides is 1. The molecule has 2 N–H and O–H groups in total. The Morgan fingerprint density at radius 3 is 3.08 bits per heavy atom. The molecule has 0 spiro atoms. The van der Waals surface area contributed by atoms with E-state index in [2.05, 4.69) is 20.3 Å². The Bertz CT molecular complexity index is 673. The Labute approximate surface area is 141 Å². The molecule has 2 aromatic heterocycles. The van der Waals surface area contributed by atoms with Crippen LogP contribution in [0.4, 0.5) is 10.7 Å². The summed E-state index contributed by atoms with van der Waals surface area (Å²) in [7, 11) is 0. The second-order valence-corrected chi connectivity index (χ2v) is 7.28. The van der Waals surface area contributed by atoms with Crippen molar-refractivity contribution in [1.82, 2.24) is 19.9 Å². The van der Waals surface area contributed by atoms with E-state index in [0.29, 0.717) is 18.1 Å². The summed E-state index contributed by atoms with van der Waals surface area (Å²) in [5.74, 6) is 1.10. The van der Waals surface area contributed by atoms with Crippen molar-refractivity contribution in [1.29, 1.82) is 0 Å².